The van der Waals surface area contributed by atoms with Gasteiger partial charge in [0, 0.05) is 12.3 Å². The van der Waals surface area contributed by atoms with Crippen LogP contribution < -0.4 is 11.1 Å². The third kappa shape index (κ3) is 4.70. The number of rotatable bonds is 5. The molecule has 0 aromatic carbocycles. The van der Waals surface area contributed by atoms with E-state index in [1.807, 2.05) is 0 Å². The molecule has 0 aliphatic rings. The van der Waals surface area contributed by atoms with Gasteiger partial charge in [0.15, 0.2) is 0 Å². The number of nitrogens with one attached hydrogen (secondary N) is 1. The lowest BCUT2D eigenvalue weighted by molar-refractivity contribution is -0.0327. The number of hydrogen-bond acceptors (Lipinski definition) is 5. The van der Waals surface area contributed by atoms with Gasteiger partial charge in [-0.25, -0.2) is 9.78 Å². The highest BCUT2D eigenvalue weighted by Crippen LogP contribution is 2.29. The third-order valence-corrected chi connectivity index (χ3v) is 2.54. The summed E-state index contributed by atoms with van der Waals surface area (Å²) >= 11 is -0.192. The second-order valence-electron chi connectivity index (χ2n) is 3.19. The van der Waals surface area contributed by atoms with Gasteiger partial charge in [0.1, 0.15) is 11.4 Å². The molecule has 0 saturated carbocycles. The normalized spacial score (nSPS) is 11.3. The average Bonchev–Trinajstić information content (AvgIpc) is 2.24. The highest BCUT2D eigenvalue weighted by atomic mass is 32.2. The molecular formula is C9H10F3N3O2S. The molecule has 100 valence electrons. The number of alkyl halides is 3. The molecule has 1 heterocycles. The molecule has 5 nitrogen and oxygen atoms in total. The Morgan fingerprint density at radius 3 is 2.78 bits per heavy atom. The summed E-state index contributed by atoms with van der Waals surface area (Å²) in [7, 11) is 0. The number of pyridine rings is 1. The van der Waals surface area contributed by atoms with Crippen molar-refractivity contribution in [2.24, 2.45) is 0 Å². The quantitative estimate of drug-likeness (QED) is 0.716. The first kappa shape index (κ1) is 14.4. The number of nitrogen functional groups attached to an aromatic ring is 1. The van der Waals surface area contributed by atoms with Crippen LogP contribution in [-0.2, 0) is 0 Å². The number of nitrogens with two attached hydrogens (primary N) is 1. The third-order valence-electron chi connectivity index (χ3n) is 1.80. The Bertz CT molecular complexity index is 440. The van der Waals surface area contributed by atoms with Gasteiger partial charge in [-0.3, -0.25) is 0 Å². The van der Waals surface area contributed by atoms with E-state index in [0.29, 0.717) is 0 Å². The fourth-order valence-corrected chi connectivity index (χ4v) is 1.56. The predicted octanol–water partition coefficient (Wildman–Crippen LogP) is 2.03. The van der Waals surface area contributed by atoms with E-state index in [1.54, 1.807) is 0 Å². The second kappa shape index (κ2) is 5.80. The minimum atomic E-state index is -4.30. The number of aromatic carboxylic acids is 1. The van der Waals surface area contributed by atoms with E-state index in [1.165, 1.54) is 12.3 Å². The van der Waals surface area contributed by atoms with E-state index in [0.717, 1.165) is 0 Å². The molecule has 0 aliphatic carbocycles. The number of carbonyl (C=O) groups is 1. The van der Waals surface area contributed by atoms with Crippen LogP contribution in [-0.4, -0.2) is 33.9 Å². The highest BCUT2D eigenvalue weighted by molar-refractivity contribution is 8.00. The summed E-state index contributed by atoms with van der Waals surface area (Å²) in [5, 5.41) is 11.4. The van der Waals surface area contributed by atoms with Crippen LogP contribution in [0.1, 0.15) is 10.4 Å². The van der Waals surface area contributed by atoms with Crippen molar-refractivity contribution in [1.82, 2.24) is 4.98 Å². The number of halogens is 3. The number of hydrogen-bond donors (Lipinski definition) is 3. The minimum Gasteiger partial charge on any atom is -0.478 e. The van der Waals surface area contributed by atoms with E-state index in [4.69, 9.17) is 10.8 Å². The lowest BCUT2D eigenvalue weighted by atomic mass is 10.2. The predicted molar refractivity (Wildman–Crippen MR) is 62.6 cm³/mol. The summed E-state index contributed by atoms with van der Waals surface area (Å²) in [6.07, 6.45) is 1.23. The zero-order valence-electron chi connectivity index (χ0n) is 8.99. The molecule has 1 rings (SSSR count). The number of anilines is 2. The SMILES string of the molecule is Nc1cnc(NCCSC(F)(F)F)c(C(=O)O)c1. The van der Waals surface area contributed by atoms with Gasteiger partial charge in [-0.15, -0.1) is 0 Å². The molecule has 0 radical (unpaired) electrons. The minimum absolute atomic E-state index is 0.000487. The molecule has 1 aromatic heterocycles. The summed E-state index contributed by atoms with van der Waals surface area (Å²) in [6, 6.07) is 1.19. The molecule has 0 aliphatic heterocycles. The topological polar surface area (TPSA) is 88.2 Å². The fraction of sp³-hybridized carbons (Fsp3) is 0.333. The summed E-state index contributed by atoms with van der Waals surface area (Å²) in [6.45, 7) is -0.0542. The first-order valence-corrected chi connectivity index (χ1v) is 5.71. The molecule has 0 unspecified atom stereocenters. The van der Waals surface area contributed by atoms with Crippen molar-refractivity contribution in [3.8, 4) is 0 Å². The van der Waals surface area contributed by atoms with E-state index in [9.17, 15) is 18.0 Å². The zero-order chi connectivity index (χ0) is 13.8. The van der Waals surface area contributed by atoms with Crippen molar-refractivity contribution in [2.75, 3.05) is 23.3 Å². The van der Waals surface area contributed by atoms with Crippen LogP contribution in [0.15, 0.2) is 12.3 Å². The summed E-state index contributed by atoms with van der Waals surface area (Å²) < 4.78 is 35.6. The zero-order valence-corrected chi connectivity index (χ0v) is 9.81. The van der Waals surface area contributed by atoms with E-state index >= 15 is 0 Å². The fourth-order valence-electron chi connectivity index (χ4n) is 1.12. The van der Waals surface area contributed by atoms with Crippen molar-refractivity contribution in [1.29, 1.82) is 0 Å². The standard InChI is InChI=1S/C9H10F3N3O2S/c10-9(11,12)18-2-1-14-7-6(8(16)17)3-5(13)4-15-7/h3-4H,1-2,13H2,(H,14,15)(H,16,17). The van der Waals surface area contributed by atoms with Crippen LogP contribution in [0, 0.1) is 0 Å². The van der Waals surface area contributed by atoms with Crippen molar-refractivity contribution >= 4 is 29.2 Å². The lowest BCUT2D eigenvalue weighted by Gasteiger charge is -2.09. The number of carboxylic acid groups (broad SMARTS) is 1. The van der Waals surface area contributed by atoms with Crippen LogP contribution in [0.3, 0.4) is 0 Å². The Morgan fingerprint density at radius 2 is 2.22 bits per heavy atom. The van der Waals surface area contributed by atoms with Crippen molar-refractivity contribution in [2.45, 2.75) is 5.51 Å². The van der Waals surface area contributed by atoms with Gasteiger partial charge in [0.05, 0.1) is 11.9 Å². The Labute approximate surface area is 105 Å². The molecule has 4 N–H and O–H groups in total. The molecule has 9 heteroatoms. The van der Waals surface area contributed by atoms with Gasteiger partial charge in [-0.2, -0.15) is 13.2 Å². The second-order valence-corrected chi connectivity index (χ2v) is 4.35. The molecule has 0 amide bonds. The van der Waals surface area contributed by atoms with Crippen molar-refractivity contribution in [3.63, 3.8) is 0 Å². The maximum atomic E-state index is 11.9. The largest absolute Gasteiger partial charge is 0.478 e. The van der Waals surface area contributed by atoms with Crippen molar-refractivity contribution < 1.29 is 23.1 Å². The van der Waals surface area contributed by atoms with Gasteiger partial charge >= 0.3 is 11.5 Å². The smallest absolute Gasteiger partial charge is 0.441 e. The maximum Gasteiger partial charge on any atom is 0.441 e. The first-order chi connectivity index (χ1) is 8.29. The van der Waals surface area contributed by atoms with E-state index in [-0.39, 0.29) is 41.1 Å². The van der Waals surface area contributed by atoms with E-state index < -0.39 is 11.5 Å². The number of thioether (sulfide) groups is 1. The molecule has 0 atom stereocenters. The molecule has 0 fully saturated rings. The number of aromatic nitrogens is 1. The summed E-state index contributed by atoms with van der Waals surface area (Å²) in [4.78, 5) is 14.6. The first-order valence-electron chi connectivity index (χ1n) is 4.73. The molecule has 18 heavy (non-hydrogen) atoms. The van der Waals surface area contributed by atoms with Gasteiger partial charge < -0.3 is 16.2 Å². The van der Waals surface area contributed by atoms with Crippen molar-refractivity contribution in [3.05, 3.63) is 17.8 Å². The highest BCUT2D eigenvalue weighted by Gasteiger charge is 2.27. The van der Waals surface area contributed by atoms with Gasteiger partial charge in [-0.05, 0) is 17.8 Å². The van der Waals surface area contributed by atoms with Crippen LogP contribution in [0.4, 0.5) is 24.7 Å². The molecule has 0 saturated heterocycles. The summed E-state index contributed by atoms with van der Waals surface area (Å²) in [5.74, 6) is -1.49. The van der Waals surface area contributed by atoms with Gasteiger partial charge in [-0.1, -0.05) is 0 Å². The summed E-state index contributed by atoms with van der Waals surface area (Å²) in [5.41, 5.74) is 1.07. The average molecular weight is 281 g/mol. The lowest BCUT2D eigenvalue weighted by Crippen LogP contribution is -2.13. The maximum absolute atomic E-state index is 11.9. The molecule has 0 bridgehead atoms. The Kier molecular flexibility index (Phi) is 4.65. The van der Waals surface area contributed by atoms with Crippen LogP contribution in [0.5, 0.6) is 0 Å². The molecule has 0 spiro atoms. The van der Waals surface area contributed by atoms with Crippen LogP contribution >= 0.6 is 11.8 Å². The van der Waals surface area contributed by atoms with Crippen LogP contribution in [0.25, 0.3) is 0 Å². The number of nitrogens with zero attached hydrogens (tertiary/aromatic N) is 1. The Morgan fingerprint density at radius 1 is 1.56 bits per heavy atom. The Balaban J connectivity index is 2.59. The van der Waals surface area contributed by atoms with Gasteiger partial charge in [0.2, 0.25) is 0 Å². The number of carboxylic acids is 1. The van der Waals surface area contributed by atoms with E-state index in [2.05, 4.69) is 10.3 Å². The van der Waals surface area contributed by atoms with Gasteiger partial charge in [0.25, 0.3) is 0 Å². The Hall–Kier alpha value is -1.64. The molecular weight excluding hydrogens is 271 g/mol. The van der Waals surface area contributed by atoms with Crippen LogP contribution in [0.2, 0.25) is 0 Å². The monoisotopic (exact) mass is 281 g/mol. The molecule has 1 aromatic rings.